The fourth-order valence-electron chi connectivity index (χ4n) is 4.54. The Morgan fingerprint density at radius 3 is 2.19 bits per heavy atom. The molecule has 0 aliphatic carbocycles. The number of aliphatic hydroxyl groups is 1. The third-order valence-electron chi connectivity index (χ3n) is 6.28. The Kier molecular flexibility index (Phi) is 6.44. The van der Waals surface area contributed by atoms with Gasteiger partial charge in [0, 0.05) is 4.88 Å². The Bertz CT molecular complexity index is 1050. The highest BCUT2D eigenvalue weighted by atomic mass is 32.1. The van der Waals surface area contributed by atoms with Crippen LogP contribution < -0.4 is 0 Å². The number of likely N-dealkylation sites (tertiary alicyclic amines) is 1. The van der Waals surface area contributed by atoms with Crippen LogP contribution in [0.3, 0.4) is 0 Å². The van der Waals surface area contributed by atoms with Crippen LogP contribution in [0.5, 0.6) is 0 Å². The maximum absolute atomic E-state index is 10.6. The molecule has 164 valence electrons. The van der Waals surface area contributed by atoms with Crippen molar-refractivity contribution in [2.24, 2.45) is 5.92 Å². The molecule has 2 aromatic heterocycles. The maximum atomic E-state index is 10.6. The molecule has 1 aliphatic rings. The number of aliphatic hydroxyl groups excluding tert-OH is 1. The first-order valence-electron chi connectivity index (χ1n) is 11.1. The number of hydrogen-bond acceptors (Lipinski definition) is 6. The van der Waals surface area contributed by atoms with Crippen molar-refractivity contribution in [3.8, 4) is 0 Å². The summed E-state index contributed by atoms with van der Waals surface area (Å²) >= 11 is 1.63. The third-order valence-corrected chi connectivity index (χ3v) is 7.22. The van der Waals surface area contributed by atoms with Crippen LogP contribution in [0.15, 0.2) is 82.7 Å². The largest absolute Gasteiger partial charge is 0.387 e. The summed E-state index contributed by atoms with van der Waals surface area (Å²) in [5, 5.41) is 17.0. The average molecular weight is 446 g/mol. The number of rotatable bonds is 7. The molecule has 1 atom stereocenters. The van der Waals surface area contributed by atoms with E-state index in [1.807, 2.05) is 53.9 Å². The Morgan fingerprint density at radius 2 is 1.59 bits per heavy atom. The third kappa shape index (κ3) is 4.67. The lowest BCUT2D eigenvalue weighted by Crippen LogP contribution is -2.35. The summed E-state index contributed by atoms with van der Waals surface area (Å²) in [7, 11) is 0. The number of nitrogens with zero attached hydrogens (tertiary/aromatic N) is 3. The quantitative estimate of drug-likeness (QED) is 0.421. The predicted octanol–water partition coefficient (Wildman–Crippen LogP) is 5.26. The first kappa shape index (κ1) is 21.1. The first-order valence-corrected chi connectivity index (χ1v) is 12.0. The zero-order chi connectivity index (χ0) is 21.8. The molecule has 1 aliphatic heterocycles. The van der Waals surface area contributed by atoms with Crippen LogP contribution in [0.25, 0.3) is 0 Å². The maximum Gasteiger partial charge on any atom is 0.240 e. The number of piperidine rings is 1. The number of thiophene rings is 1. The zero-order valence-corrected chi connectivity index (χ0v) is 18.7. The van der Waals surface area contributed by atoms with E-state index >= 15 is 0 Å². The van der Waals surface area contributed by atoms with E-state index in [9.17, 15) is 5.11 Å². The van der Waals surface area contributed by atoms with Gasteiger partial charge in [0.2, 0.25) is 5.89 Å². The van der Waals surface area contributed by atoms with Crippen molar-refractivity contribution in [2.45, 2.75) is 31.4 Å². The van der Waals surface area contributed by atoms with Gasteiger partial charge in [0.1, 0.15) is 0 Å². The highest BCUT2D eigenvalue weighted by Crippen LogP contribution is 2.34. The van der Waals surface area contributed by atoms with Crippen molar-refractivity contribution >= 4 is 11.3 Å². The van der Waals surface area contributed by atoms with Crippen LogP contribution in [-0.2, 0) is 6.54 Å². The summed E-state index contributed by atoms with van der Waals surface area (Å²) < 4.78 is 5.67. The van der Waals surface area contributed by atoms with E-state index in [1.54, 1.807) is 11.3 Å². The highest BCUT2D eigenvalue weighted by Gasteiger charge is 2.28. The van der Waals surface area contributed by atoms with Gasteiger partial charge in [0.05, 0.1) is 18.6 Å². The van der Waals surface area contributed by atoms with Crippen LogP contribution in [0.1, 0.15) is 52.6 Å². The van der Waals surface area contributed by atoms with Crippen molar-refractivity contribution in [1.29, 1.82) is 0 Å². The predicted molar refractivity (Wildman–Crippen MR) is 125 cm³/mol. The van der Waals surface area contributed by atoms with E-state index in [-0.39, 0.29) is 12.0 Å². The lowest BCUT2D eigenvalue weighted by atomic mass is 9.90. The van der Waals surface area contributed by atoms with Gasteiger partial charge in [-0.2, -0.15) is 4.98 Å². The molecule has 3 heterocycles. The molecule has 32 heavy (non-hydrogen) atoms. The lowest BCUT2D eigenvalue weighted by molar-refractivity contribution is 0.0560. The average Bonchev–Trinajstić information content (AvgIpc) is 3.54. The normalized spacial score (nSPS) is 16.4. The van der Waals surface area contributed by atoms with E-state index in [4.69, 9.17) is 9.51 Å². The minimum absolute atomic E-state index is 0.0541. The number of benzene rings is 2. The minimum atomic E-state index is -0.357. The van der Waals surface area contributed by atoms with Crippen LogP contribution in [0, 0.1) is 5.92 Å². The van der Waals surface area contributed by atoms with Gasteiger partial charge in [0.15, 0.2) is 5.82 Å². The molecule has 1 N–H and O–H groups in total. The molecule has 6 heteroatoms. The smallest absolute Gasteiger partial charge is 0.240 e. The summed E-state index contributed by atoms with van der Waals surface area (Å²) in [6.07, 6.45) is 1.58. The number of aromatic nitrogens is 2. The molecular formula is C26H27N3O2S. The second kappa shape index (κ2) is 9.77. The Balaban J connectivity index is 1.26. The van der Waals surface area contributed by atoms with Gasteiger partial charge in [-0.3, -0.25) is 4.90 Å². The summed E-state index contributed by atoms with van der Waals surface area (Å²) in [5.41, 5.74) is 2.30. The second-order valence-electron chi connectivity index (χ2n) is 8.37. The van der Waals surface area contributed by atoms with Crippen molar-refractivity contribution in [1.82, 2.24) is 15.0 Å². The molecule has 4 aromatic rings. The van der Waals surface area contributed by atoms with Crippen LogP contribution in [-0.4, -0.2) is 33.2 Å². The first-order chi connectivity index (χ1) is 15.8. The van der Waals surface area contributed by atoms with Crippen molar-refractivity contribution in [3.05, 3.63) is 106 Å². The molecule has 5 nitrogen and oxygen atoms in total. The van der Waals surface area contributed by atoms with Gasteiger partial charge in [-0.25, -0.2) is 0 Å². The molecule has 0 bridgehead atoms. The number of hydrogen-bond donors (Lipinski definition) is 1. The minimum Gasteiger partial charge on any atom is -0.387 e. The fraction of sp³-hybridized carbons (Fsp3) is 0.308. The second-order valence-corrected chi connectivity index (χ2v) is 9.35. The molecule has 5 rings (SSSR count). The molecule has 2 aromatic carbocycles. The van der Waals surface area contributed by atoms with Crippen LogP contribution in [0.2, 0.25) is 0 Å². The topological polar surface area (TPSA) is 62.4 Å². The molecule has 0 amide bonds. The van der Waals surface area contributed by atoms with E-state index in [1.165, 1.54) is 0 Å². The fourth-order valence-corrected chi connectivity index (χ4v) is 5.34. The van der Waals surface area contributed by atoms with Gasteiger partial charge in [0.25, 0.3) is 0 Å². The van der Waals surface area contributed by atoms with E-state index in [0.717, 1.165) is 41.9 Å². The summed E-state index contributed by atoms with van der Waals surface area (Å²) in [6, 6.07) is 24.7. The SMILES string of the molecule is OC(c1cccs1)C1CCN(Cc2nc(C(c3ccccc3)c3ccccc3)no2)CC1. The van der Waals surface area contributed by atoms with Crippen molar-refractivity contribution < 1.29 is 9.63 Å². The van der Waals surface area contributed by atoms with Gasteiger partial charge in [-0.1, -0.05) is 71.9 Å². The van der Waals surface area contributed by atoms with Crippen molar-refractivity contribution in [3.63, 3.8) is 0 Å². The molecule has 1 unspecified atom stereocenters. The van der Waals surface area contributed by atoms with Crippen LogP contribution in [0.4, 0.5) is 0 Å². The van der Waals surface area contributed by atoms with Gasteiger partial charge >= 0.3 is 0 Å². The molecule has 0 saturated carbocycles. The summed E-state index contributed by atoms with van der Waals surface area (Å²) in [5.74, 6) is 1.60. The molecule has 1 fully saturated rings. The zero-order valence-electron chi connectivity index (χ0n) is 17.9. The van der Waals surface area contributed by atoms with E-state index in [2.05, 4.69) is 34.3 Å². The summed E-state index contributed by atoms with van der Waals surface area (Å²) in [6.45, 7) is 2.49. The van der Waals surface area contributed by atoms with Crippen LogP contribution >= 0.6 is 11.3 Å². The molecule has 0 radical (unpaired) electrons. The van der Waals surface area contributed by atoms with Gasteiger partial charge in [-0.15, -0.1) is 11.3 Å². The molecular weight excluding hydrogens is 418 g/mol. The Labute approximate surface area is 192 Å². The van der Waals surface area contributed by atoms with Gasteiger partial charge < -0.3 is 9.63 Å². The molecule has 1 saturated heterocycles. The summed E-state index contributed by atoms with van der Waals surface area (Å²) in [4.78, 5) is 8.19. The standard InChI is InChI=1S/C26H27N3O2S/c30-25(22-12-7-17-32-22)21-13-15-29(16-14-21)18-23-27-26(28-31-23)24(19-8-3-1-4-9-19)20-10-5-2-6-11-20/h1-12,17,21,24-25,30H,13-16,18H2. The monoisotopic (exact) mass is 445 g/mol. The highest BCUT2D eigenvalue weighted by molar-refractivity contribution is 7.10. The lowest BCUT2D eigenvalue weighted by Gasteiger charge is -2.33. The van der Waals surface area contributed by atoms with Gasteiger partial charge in [-0.05, 0) is 54.4 Å². The Morgan fingerprint density at radius 1 is 0.938 bits per heavy atom. The molecule has 0 spiro atoms. The van der Waals surface area contributed by atoms with E-state index in [0.29, 0.717) is 24.2 Å². The Hall–Kier alpha value is -2.80. The van der Waals surface area contributed by atoms with Crippen molar-refractivity contribution in [2.75, 3.05) is 13.1 Å². The van der Waals surface area contributed by atoms with E-state index < -0.39 is 0 Å².